The van der Waals surface area contributed by atoms with Crippen LogP contribution >= 0.6 is 22.9 Å². The quantitative estimate of drug-likeness (QED) is 0.540. The van der Waals surface area contributed by atoms with Gasteiger partial charge in [0.2, 0.25) is 0 Å². The molecule has 1 atom stereocenters. The average molecular weight is 431 g/mol. The standard InChI is InChI=1S/C22H27ClN4OS/c1-15(20-5-4-12-29-20)26(2)14-21-24-19-7-6-16(23)13-18(19)22(25-21)27-10-8-17(28-3)9-11-27/h4-7,12-13,15,17H,8-11,14H2,1-3H3. The van der Waals surface area contributed by atoms with Crippen molar-refractivity contribution in [3.8, 4) is 0 Å². The van der Waals surface area contributed by atoms with Gasteiger partial charge in [0.1, 0.15) is 11.6 Å². The monoisotopic (exact) mass is 430 g/mol. The van der Waals surface area contributed by atoms with Crippen molar-refractivity contribution in [3.05, 3.63) is 51.4 Å². The van der Waals surface area contributed by atoms with E-state index in [-0.39, 0.29) is 0 Å². The molecular weight excluding hydrogens is 404 g/mol. The van der Waals surface area contributed by atoms with Crippen LogP contribution in [0.3, 0.4) is 0 Å². The first-order valence-electron chi connectivity index (χ1n) is 10.0. The van der Waals surface area contributed by atoms with Crippen LogP contribution in [0.2, 0.25) is 5.02 Å². The molecule has 0 spiro atoms. The fourth-order valence-corrected chi connectivity index (χ4v) is 4.87. The van der Waals surface area contributed by atoms with Gasteiger partial charge in [0, 0.05) is 41.5 Å². The highest BCUT2D eigenvalue weighted by Gasteiger charge is 2.23. The molecular formula is C22H27ClN4OS. The van der Waals surface area contributed by atoms with Crippen LogP contribution in [0.25, 0.3) is 10.9 Å². The Labute approximate surface area is 181 Å². The minimum absolute atomic E-state index is 0.320. The molecule has 1 saturated heterocycles. The van der Waals surface area contributed by atoms with Gasteiger partial charge in [0.05, 0.1) is 18.2 Å². The van der Waals surface area contributed by atoms with Crippen LogP contribution in [0.4, 0.5) is 5.82 Å². The van der Waals surface area contributed by atoms with Crippen LogP contribution in [-0.4, -0.2) is 48.2 Å². The van der Waals surface area contributed by atoms with Crippen molar-refractivity contribution in [2.45, 2.75) is 38.5 Å². The molecule has 3 heterocycles. The lowest BCUT2D eigenvalue weighted by Gasteiger charge is -2.33. The second-order valence-corrected chi connectivity index (χ2v) is 9.07. The molecule has 2 aromatic heterocycles. The van der Waals surface area contributed by atoms with Gasteiger partial charge in [-0.05, 0) is 56.5 Å². The van der Waals surface area contributed by atoms with E-state index < -0.39 is 0 Å². The molecule has 29 heavy (non-hydrogen) atoms. The lowest BCUT2D eigenvalue weighted by Crippen LogP contribution is -2.37. The molecule has 3 aromatic rings. The summed E-state index contributed by atoms with van der Waals surface area (Å²) in [4.78, 5) is 15.8. The van der Waals surface area contributed by atoms with Gasteiger partial charge in [-0.1, -0.05) is 17.7 Å². The molecule has 5 nitrogen and oxygen atoms in total. The van der Waals surface area contributed by atoms with E-state index in [1.165, 1.54) is 4.88 Å². The molecule has 154 valence electrons. The first-order chi connectivity index (χ1) is 14.0. The molecule has 0 aliphatic carbocycles. The summed E-state index contributed by atoms with van der Waals surface area (Å²) >= 11 is 8.08. The van der Waals surface area contributed by atoms with Gasteiger partial charge in [-0.2, -0.15) is 0 Å². The molecule has 0 bridgehead atoms. The van der Waals surface area contributed by atoms with E-state index in [2.05, 4.69) is 41.3 Å². The van der Waals surface area contributed by atoms with Gasteiger partial charge in [-0.15, -0.1) is 11.3 Å². The maximum atomic E-state index is 6.30. The zero-order valence-electron chi connectivity index (χ0n) is 17.1. The van der Waals surface area contributed by atoms with Gasteiger partial charge in [-0.3, -0.25) is 4.90 Å². The number of halogens is 1. The van der Waals surface area contributed by atoms with Crippen molar-refractivity contribution >= 4 is 39.7 Å². The number of aromatic nitrogens is 2. The van der Waals surface area contributed by atoms with E-state index in [1.54, 1.807) is 18.4 Å². The fourth-order valence-electron chi connectivity index (χ4n) is 3.85. The van der Waals surface area contributed by atoms with Crippen molar-refractivity contribution in [2.75, 3.05) is 32.1 Å². The average Bonchev–Trinajstić information content (AvgIpc) is 3.28. The fraction of sp³-hybridized carbons (Fsp3) is 0.455. The van der Waals surface area contributed by atoms with Crippen molar-refractivity contribution in [1.82, 2.24) is 14.9 Å². The van der Waals surface area contributed by atoms with Gasteiger partial charge >= 0.3 is 0 Å². The molecule has 0 saturated carbocycles. The van der Waals surface area contributed by atoms with E-state index >= 15 is 0 Å². The minimum Gasteiger partial charge on any atom is -0.381 e. The highest BCUT2D eigenvalue weighted by atomic mass is 35.5. The minimum atomic E-state index is 0.320. The number of benzene rings is 1. The van der Waals surface area contributed by atoms with E-state index in [0.717, 1.165) is 48.5 Å². The summed E-state index contributed by atoms with van der Waals surface area (Å²) < 4.78 is 5.53. The van der Waals surface area contributed by atoms with Crippen LogP contribution in [0.15, 0.2) is 35.7 Å². The van der Waals surface area contributed by atoms with Crippen molar-refractivity contribution in [3.63, 3.8) is 0 Å². The second-order valence-electron chi connectivity index (χ2n) is 7.65. The first kappa shape index (κ1) is 20.5. The van der Waals surface area contributed by atoms with Crippen LogP contribution < -0.4 is 4.90 Å². The number of ether oxygens (including phenoxy) is 1. The third-order valence-corrected chi connectivity index (χ3v) is 7.04. The highest BCUT2D eigenvalue weighted by molar-refractivity contribution is 7.10. The zero-order chi connectivity index (χ0) is 20.4. The zero-order valence-corrected chi connectivity index (χ0v) is 18.7. The smallest absolute Gasteiger partial charge is 0.145 e. The van der Waals surface area contributed by atoms with E-state index in [0.29, 0.717) is 23.7 Å². The number of nitrogens with zero attached hydrogens (tertiary/aromatic N) is 4. The third kappa shape index (κ3) is 4.56. The van der Waals surface area contributed by atoms with Crippen molar-refractivity contribution < 1.29 is 4.74 Å². The summed E-state index contributed by atoms with van der Waals surface area (Å²) in [5, 5.41) is 3.86. The second kappa shape index (κ2) is 8.96. The van der Waals surface area contributed by atoms with E-state index in [9.17, 15) is 0 Å². The van der Waals surface area contributed by atoms with Crippen LogP contribution in [0, 0.1) is 0 Å². The predicted octanol–water partition coefficient (Wildman–Crippen LogP) is 5.15. The van der Waals surface area contributed by atoms with Crippen molar-refractivity contribution in [1.29, 1.82) is 0 Å². The number of rotatable bonds is 6. The number of piperidine rings is 1. The number of anilines is 1. The molecule has 1 aliphatic rings. The molecule has 1 aliphatic heterocycles. The number of fused-ring (bicyclic) bond motifs is 1. The first-order valence-corrected chi connectivity index (χ1v) is 11.3. The number of hydrogen-bond donors (Lipinski definition) is 0. The topological polar surface area (TPSA) is 41.5 Å². The molecule has 1 unspecified atom stereocenters. The summed E-state index contributed by atoms with van der Waals surface area (Å²) in [5.41, 5.74) is 0.945. The number of thiophene rings is 1. The van der Waals surface area contributed by atoms with Crippen molar-refractivity contribution in [2.24, 2.45) is 0 Å². The summed E-state index contributed by atoms with van der Waals surface area (Å²) in [6.07, 6.45) is 2.35. The van der Waals surface area contributed by atoms with E-state index in [1.807, 2.05) is 18.2 Å². The van der Waals surface area contributed by atoms with Gasteiger partial charge in [-0.25, -0.2) is 9.97 Å². The van der Waals surface area contributed by atoms with E-state index in [4.69, 9.17) is 26.3 Å². The molecule has 4 rings (SSSR count). The Hall–Kier alpha value is -1.73. The van der Waals surface area contributed by atoms with Crippen LogP contribution in [0.5, 0.6) is 0 Å². The van der Waals surface area contributed by atoms with Gasteiger partial charge in [0.15, 0.2) is 0 Å². The molecule has 0 N–H and O–H groups in total. The van der Waals surface area contributed by atoms with Gasteiger partial charge < -0.3 is 9.64 Å². The Morgan fingerprint density at radius 1 is 1.28 bits per heavy atom. The predicted molar refractivity (Wildman–Crippen MR) is 121 cm³/mol. The molecule has 7 heteroatoms. The molecule has 1 fully saturated rings. The van der Waals surface area contributed by atoms with Gasteiger partial charge in [0.25, 0.3) is 0 Å². The summed E-state index contributed by atoms with van der Waals surface area (Å²) in [6.45, 7) is 4.78. The third-order valence-electron chi connectivity index (χ3n) is 5.77. The SMILES string of the molecule is COC1CCN(c2nc(CN(C)C(C)c3cccs3)nc3ccc(Cl)cc23)CC1. The summed E-state index contributed by atoms with van der Waals surface area (Å²) in [7, 11) is 3.92. The normalized spacial score (nSPS) is 16.7. The highest BCUT2D eigenvalue weighted by Crippen LogP contribution is 2.30. The number of methoxy groups -OCH3 is 1. The molecule has 0 amide bonds. The largest absolute Gasteiger partial charge is 0.381 e. The number of hydrogen-bond acceptors (Lipinski definition) is 6. The maximum absolute atomic E-state index is 6.30. The summed E-state index contributed by atoms with van der Waals surface area (Å²) in [6, 6.07) is 10.5. The Morgan fingerprint density at radius 3 is 2.76 bits per heavy atom. The maximum Gasteiger partial charge on any atom is 0.145 e. The Kier molecular flexibility index (Phi) is 6.35. The molecule has 0 radical (unpaired) electrons. The Balaban J connectivity index is 1.64. The lowest BCUT2D eigenvalue weighted by atomic mass is 10.1. The lowest BCUT2D eigenvalue weighted by molar-refractivity contribution is 0.0818. The Morgan fingerprint density at radius 2 is 2.07 bits per heavy atom. The summed E-state index contributed by atoms with van der Waals surface area (Å²) in [5.74, 6) is 1.83. The van der Waals surface area contributed by atoms with Crippen LogP contribution in [-0.2, 0) is 11.3 Å². The van der Waals surface area contributed by atoms with Crippen LogP contribution in [0.1, 0.15) is 36.5 Å². The Bertz CT molecular complexity index is 957. The molecule has 1 aromatic carbocycles.